The van der Waals surface area contributed by atoms with Gasteiger partial charge in [-0.3, -0.25) is 4.98 Å². The molecule has 0 amide bonds. The van der Waals surface area contributed by atoms with Gasteiger partial charge in [0.2, 0.25) is 0 Å². The molecular formula is C15H15F2NO2. The zero-order valence-electron chi connectivity index (χ0n) is 11.1. The average molecular weight is 279 g/mol. The van der Waals surface area contributed by atoms with Gasteiger partial charge in [0.05, 0.1) is 18.5 Å². The Morgan fingerprint density at radius 3 is 2.30 bits per heavy atom. The predicted octanol–water partition coefficient (Wildman–Crippen LogP) is 4.14. The molecule has 0 bridgehead atoms. The summed E-state index contributed by atoms with van der Waals surface area (Å²) in [5, 5.41) is 0. The zero-order valence-corrected chi connectivity index (χ0v) is 11.1. The normalized spacial score (nSPS) is 10.6. The van der Waals surface area contributed by atoms with Crippen molar-refractivity contribution in [2.75, 3.05) is 6.61 Å². The summed E-state index contributed by atoms with van der Waals surface area (Å²) >= 11 is 0. The largest absolute Gasteiger partial charge is 0.492 e. The lowest BCUT2D eigenvalue weighted by Crippen LogP contribution is -2.01. The van der Waals surface area contributed by atoms with Crippen LogP contribution in [0.1, 0.15) is 13.3 Å². The smallest absolute Gasteiger partial charge is 0.387 e. The second-order valence-corrected chi connectivity index (χ2v) is 4.13. The number of hydrogen-bond donors (Lipinski definition) is 0. The summed E-state index contributed by atoms with van der Waals surface area (Å²) in [4.78, 5) is 4.28. The Morgan fingerprint density at radius 1 is 1.05 bits per heavy atom. The number of aromatic nitrogens is 1. The third-order valence-electron chi connectivity index (χ3n) is 2.58. The first-order chi connectivity index (χ1) is 9.69. The summed E-state index contributed by atoms with van der Waals surface area (Å²) in [6, 6.07) is 10.0. The molecule has 5 heteroatoms. The van der Waals surface area contributed by atoms with Gasteiger partial charge in [-0.25, -0.2) is 0 Å². The highest BCUT2D eigenvalue weighted by Crippen LogP contribution is 2.23. The second kappa shape index (κ2) is 6.84. The van der Waals surface area contributed by atoms with Crippen molar-refractivity contribution in [1.82, 2.24) is 4.98 Å². The Balaban J connectivity index is 2.07. The van der Waals surface area contributed by atoms with Gasteiger partial charge in [-0.15, -0.1) is 0 Å². The van der Waals surface area contributed by atoms with Crippen LogP contribution in [-0.2, 0) is 0 Å². The van der Waals surface area contributed by atoms with Gasteiger partial charge < -0.3 is 9.47 Å². The van der Waals surface area contributed by atoms with Gasteiger partial charge in [-0.2, -0.15) is 8.78 Å². The SMILES string of the molecule is CCCOc1ccc(-c2ccc(OC(F)F)cc2)nc1. The van der Waals surface area contributed by atoms with Crippen LogP contribution >= 0.6 is 0 Å². The van der Waals surface area contributed by atoms with Crippen molar-refractivity contribution in [2.45, 2.75) is 20.0 Å². The number of benzene rings is 1. The Bertz CT molecular complexity index is 527. The molecule has 0 atom stereocenters. The molecule has 0 radical (unpaired) electrons. The monoisotopic (exact) mass is 279 g/mol. The van der Waals surface area contributed by atoms with Gasteiger partial charge >= 0.3 is 6.61 Å². The molecule has 0 aliphatic heterocycles. The number of alkyl halides is 2. The standard InChI is InChI=1S/C15H15F2NO2/c1-2-9-19-13-7-8-14(18-10-13)11-3-5-12(6-4-11)20-15(16)17/h3-8,10,15H,2,9H2,1H3. The minimum atomic E-state index is -2.81. The highest BCUT2D eigenvalue weighted by Gasteiger charge is 2.05. The van der Waals surface area contributed by atoms with Gasteiger partial charge in [0.1, 0.15) is 11.5 Å². The van der Waals surface area contributed by atoms with Gasteiger partial charge in [-0.05, 0) is 42.8 Å². The Hall–Kier alpha value is -2.17. The van der Waals surface area contributed by atoms with Crippen LogP contribution in [0.2, 0.25) is 0 Å². The number of rotatable bonds is 6. The number of pyridine rings is 1. The minimum absolute atomic E-state index is 0.131. The summed E-state index contributed by atoms with van der Waals surface area (Å²) in [5.41, 5.74) is 1.58. The average Bonchev–Trinajstić information content (AvgIpc) is 2.46. The Kier molecular flexibility index (Phi) is 4.87. The molecule has 106 valence electrons. The molecule has 1 heterocycles. The quantitative estimate of drug-likeness (QED) is 0.796. The maximum Gasteiger partial charge on any atom is 0.387 e. The van der Waals surface area contributed by atoms with Crippen molar-refractivity contribution in [3.8, 4) is 22.8 Å². The third kappa shape index (κ3) is 3.91. The van der Waals surface area contributed by atoms with Crippen molar-refractivity contribution in [2.24, 2.45) is 0 Å². The van der Waals surface area contributed by atoms with Crippen LogP contribution in [0.4, 0.5) is 8.78 Å². The fourth-order valence-corrected chi connectivity index (χ4v) is 1.66. The molecule has 0 N–H and O–H groups in total. The van der Waals surface area contributed by atoms with Crippen LogP contribution in [-0.4, -0.2) is 18.2 Å². The summed E-state index contributed by atoms with van der Waals surface area (Å²) in [6.07, 6.45) is 2.59. The molecule has 0 spiro atoms. The van der Waals surface area contributed by atoms with Crippen molar-refractivity contribution in [1.29, 1.82) is 0 Å². The first kappa shape index (κ1) is 14.2. The number of nitrogens with zero attached hydrogens (tertiary/aromatic N) is 1. The van der Waals surface area contributed by atoms with Crippen LogP contribution in [0, 0.1) is 0 Å². The molecular weight excluding hydrogens is 264 g/mol. The number of halogens is 2. The maximum atomic E-state index is 12.0. The van der Waals surface area contributed by atoms with E-state index in [2.05, 4.69) is 9.72 Å². The topological polar surface area (TPSA) is 31.4 Å². The molecule has 0 aliphatic carbocycles. The van der Waals surface area contributed by atoms with Crippen LogP contribution in [0.5, 0.6) is 11.5 Å². The fourth-order valence-electron chi connectivity index (χ4n) is 1.66. The van der Waals surface area contributed by atoms with E-state index < -0.39 is 6.61 Å². The van der Waals surface area contributed by atoms with E-state index in [1.165, 1.54) is 12.1 Å². The molecule has 20 heavy (non-hydrogen) atoms. The molecule has 0 saturated carbocycles. The summed E-state index contributed by atoms with van der Waals surface area (Å²) in [5.74, 6) is 0.847. The molecule has 1 aromatic heterocycles. The van der Waals surface area contributed by atoms with Crippen LogP contribution in [0.25, 0.3) is 11.3 Å². The summed E-state index contributed by atoms with van der Waals surface area (Å²) in [6.45, 7) is -0.125. The van der Waals surface area contributed by atoms with Gasteiger partial charge in [0, 0.05) is 5.56 Å². The van der Waals surface area contributed by atoms with Gasteiger partial charge in [0.15, 0.2) is 0 Å². The lowest BCUT2D eigenvalue weighted by Gasteiger charge is -2.07. The molecule has 0 saturated heterocycles. The fraction of sp³-hybridized carbons (Fsp3) is 0.267. The van der Waals surface area contributed by atoms with Crippen molar-refractivity contribution < 1.29 is 18.3 Å². The Morgan fingerprint density at radius 2 is 1.75 bits per heavy atom. The molecule has 2 rings (SSSR count). The maximum absolute atomic E-state index is 12.0. The van der Waals surface area contributed by atoms with Crippen molar-refractivity contribution >= 4 is 0 Å². The lowest BCUT2D eigenvalue weighted by molar-refractivity contribution is -0.0498. The first-order valence-corrected chi connectivity index (χ1v) is 6.33. The zero-order chi connectivity index (χ0) is 14.4. The first-order valence-electron chi connectivity index (χ1n) is 6.33. The lowest BCUT2D eigenvalue weighted by atomic mass is 10.1. The highest BCUT2D eigenvalue weighted by molar-refractivity contribution is 5.60. The number of hydrogen-bond acceptors (Lipinski definition) is 3. The third-order valence-corrected chi connectivity index (χ3v) is 2.58. The van der Waals surface area contributed by atoms with E-state index in [1.807, 2.05) is 19.1 Å². The van der Waals surface area contributed by atoms with Crippen LogP contribution in [0.15, 0.2) is 42.6 Å². The van der Waals surface area contributed by atoms with Crippen LogP contribution < -0.4 is 9.47 Å². The van der Waals surface area contributed by atoms with E-state index in [0.29, 0.717) is 12.4 Å². The molecule has 0 unspecified atom stereocenters. The molecule has 1 aromatic carbocycles. The van der Waals surface area contributed by atoms with Crippen molar-refractivity contribution in [3.63, 3.8) is 0 Å². The molecule has 2 aromatic rings. The second-order valence-electron chi connectivity index (χ2n) is 4.13. The number of ether oxygens (including phenoxy) is 2. The summed E-state index contributed by atoms with van der Waals surface area (Å²) in [7, 11) is 0. The van der Waals surface area contributed by atoms with E-state index >= 15 is 0 Å². The molecule has 0 aliphatic rings. The van der Waals surface area contributed by atoms with Gasteiger partial charge in [-0.1, -0.05) is 6.92 Å². The van der Waals surface area contributed by atoms with Crippen LogP contribution in [0.3, 0.4) is 0 Å². The molecule has 0 fully saturated rings. The Labute approximate surface area is 116 Å². The van der Waals surface area contributed by atoms with E-state index in [-0.39, 0.29) is 5.75 Å². The van der Waals surface area contributed by atoms with Crippen molar-refractivity contribution in [3.05, 3.63) is 42.6 Å². The highest BCUT2D eigenvalue weighted by atomic mass is 19.3. The summed E-state index contributed by atoms with van der Waals surface area (Å²) < 4.78 is 33.8. The van der Waals surface area contributed by atoms with E-state index in [1.54, 1.807) is 18.3 Å². The van der Waals surface area contributed by atoms with E-state index in [4.69, 9.17) is 4.74 Å². The predicted molar refractivity (Wildman–Crippen MR) is 72.1 cm³/mol. The van der Waals surface area contributed by atoms with Gasteiger partial charge in [0.25, 0.3) is 0 Å². The van der Waals surface area contributed by atoms with E-state index in [0.717, 1.165) is 17.7 Å². The molecule has 3 nitrogen and oxygen atoms in total. The minimum Gasteiger partial charge on any atom is -0.492 e. The van der Waals surface area contributed by atoms with E-state index in [9.17, 15) is 8.78 Å².